The molecule has 0 atom stereocenters. The first-order valence-corrected chi connectivity index (χ1v) is 8.96. The van der Waals surface area contributed by atoms with Crippen LogP contribution in [-0.2, 0) is 9.59 Å². The molecule has 0 unspecified atom stereocenters. The zero-order chi connectivity index (χ0) is 19.8. The molecule has 0 saturated heterocycles. The van der Waals surface area contributed by atoms with Crippen LogP contribution in [0.1, 0.15) is 23.4 Å². The largest absolute Gasteiger partial charge is 0.335 e. The molecule has 0 aliphatic carbocycles. The van der Waals surface area contributed by atoms with E-state index in [0.29, 0.717) is 24.5 Å². The monoisotopic (exact) mass is 411 g/mol. The summed E-state index contributed by atoms with van der Waals surface area (Å²) < 4.78 is 0. The number of amides is 2. The molecule has 2 heterocycles. The van der Waals surface area contributed by atoms with Crippen LogP contribution in [0.15, 0.2) is 66.8 Å². The molecule has 1 aliphatic rings. The van der Waals surface area contributed by atoms with Crippen molar-refractivity contribution in [3.8, 4) is 0 Å². The maximum absolute atomic E-state index is 12.6. The van der Waals surface area contributed by atoms with Crippen molar-refractivity contribution in [1.82, 2.24) is 15.4 Å². The molecule has 1 aromatic heterocycles. The molecule has 6 nitrogen and oxygen atoms in total. The first kappa shape index (κ1) is 22.1. The molecule has 2 amide bonds. The smallest absolute Gasteiger partial charge is 0.267 e. The predicted molar refractivity (Wildman–Crippen MR) is 115 cm³/mol. The summed E-state index contributed by atoms with van der Waals surface area (Å²) in [6.07, 6.45) is 8.84. The highest BCUT2D eigenvalue weighted by atomic mass is 35.5. The van der Waals surface area contributed by atoms with E-state index in [2.05, 4.69) is 23.2 Å². The topological polar surface area (TPSA) is 82.5 Å². The number of carbonyl (C=O) groups is 2. The van der Waals surface area contributed by atoms with Gasteiger partial charge in [0.25, 0.3) is 5.91 Å². The molecule has 3 rings (SSSR count). The Bertz CT molecular complexity index is 939. The highest BCUT2D eigenvalue weighted by Crippen LogP contribution is 2.20. The number of nitrogens with zero attached hydrogens (tertiary/aromatic N) is 2. The van der Waals surface area contributed by atoms with Crippen molar-refractivity contribution in [3.05, 3.63) is 83.7 Å². The van der Waals surface area contributed by atoms with E-state index in [4.69, 9.17) is 5.21 Å². The lowest BCUT2D eigenvalue weighted by atomic mass is 10.0. The molecule has 0 radical (unpaired) electrons. The summed E-state index contributed by atoms with van der Waals surface area (Å²) >= 11 is 0. The maximum Gasteiger partial charge on any atom is 0.267 e. The number of nitrogens with one attached hydrogen (secondary N) is 1. The van der Waals surface area contributed by atoms with Gasteiger partial charge in [0.15, 0.2) is 0 Å². The van der Waals surface area contributed by atoms with Crippen molar-refractivity contribution in [2.75, 3.05) is 13.1 Å². The van der Waals surface area contributed by atoms with Crippen LogP contribution in [0, 0.1) is 0 Å². The minimum absolute atomic E-state index is 0. The summed E-state index contributed by atoms with van der Waals surface area (Å²) in [6.45, 7) is 1.27. The first-order chi connectivity index (χ1) is 13.7. The molecule has 2 aromatic rings. The van der Waals surface area contributed by atoms with Crippen LogP contribution in [0.2, 0.25) is 0 Å². The predicted octanol–water partition coefficient (Wildman–Crippen LogP) is 3.35. The van der Waals surface area contributed by atoms with Gasteiger partial charge >= 0.3 is 0 Å². The van der Waals surface area contributed by atoms with E-state index in [-0.39, 0.29) is 18.3 Å². The van der Waals surface area contributed by atoms with E-state index in [1.54, 1.807) is 24.3 Å². The van der Waals surface area contributed by atoms with Crippen LogP contribution in [0.4, 0.5) is 0 Å². The number of hydrogen-bond acceptors (Lipinski definition) is 4. The van der Waals surface area contributed by atoms with Crippen molar-refractivity contribution in [2.24, 2.45) is 0 Å². The fraction of sp³-hybridized carbons (Fsp3) is 0.136. The average molecular weight is 412 g/mol. The van der Waals surface area contributed by atoms with E-state index in [1.165, 1.54) is 23.7 Å². The van der Waals surface area contributed by atoms with Gasteiger partial charge in [0.05, 0.1) is 11.4 Å². The quantitative estimate of drug-likeness (QED) is 0.449. The van der Waals surface area contributed by atoms with Crippen LogP contribution >= 0.6 is 12.4 Å². The van der Waals surface area contributed by atoms with E-state index < -0.39 is 5.91 Å². The molecule has 0 bridgehead atoms. The SMILES string of the molecule is Cl.O=C(/C=C/c1cccc(/C=C/C(=O)N2CCC=C(c3ccccc3)C2)n1)NO. The van der Waals surface area contributed by atoms with Crippen LogP contribution in [0.3, 0.4) is 0 Å². The lowest BCUT2D eigenvalue weighted by Crippen LogP contribution is -2.34. The Kier molecular flexibility index (Phi) is 8.33. The van der Waals surface area contributed by atoms with Crippen molar-refractivity contribution in [2.45, 2.75) is 6.42 Å². The highest BCUT2D eigenvalue weighted by molar-refractivity contribution is 5.93. The summed E-state index contributed by atoms with van der Waals surface area (Å²) in [4.78, 5) is 29.8. The van der Waals surface area contributed by atoms with Gasteiger partial charge in [-0.25, -0.2) is 10.5 Å². The second-order valence-electron chi connectivity index (χ2n) is 6.27. The van der Waals surface area contributed by atoms with Crippen molar-refractivity contribution < 1.29 is 14.8 Å². The number of aromatic nitrogens is 1. The fourth-order valence-corrected chi connectivity index (χ4v) is 2.91. The van der Waals surface area contributed by atoms with Crippen molar-refractivity contribution in [3.63, 3.8) is 0 Å². The Morgan fingerprint density at radius 2 is 1.69 bits per heavy atom. The summed E-state index contributed by atoms with van der Waals surface area (Å²) in [6, 6.07) is 15.4. The fourth-order valence-electron chi connectivity index (χ4n) is 2.91. The van der Waals surface area contributed by atoms with Gasteiger partial charge in [-0.05, 0) is 41.8 Å². The lowest BCUT2D eigenvalue weighted by Gasteiger charge is -2.26. The minimum atomic E-state index is -0.634. The molecule has 7 heteroatoms. The number of pyridine rings is 1. The number of halogens is 1. The average Bonchev–Trinajstić information content (AvgIpc) is 2.76. The van der Waals surface area contributed by atoms with Gasteiger partial charge in [-0.3, -0.25) is 14.8 Å². The zero-order valence-corrected chi connectivity index (χ0v) is 16.5. The minimum Gasteiger partial charge on any atom is -0.335 e. The highest BCUT2D eigenvalue weighted by Gasteiger charge is 2.17. The first-order valence-electron chi connectivity index (χ1n) is 8.96. The third-order valence-corrected chi connectivity index (χ3v) is 4.31. The van der Waals surface area contributed by atoms with Gasteiger partial charge in [0, 0.05) is 25.2 Å². The Labute approximate surface area is 175 Å². The normalized spacial score (nSPS) is 13.8. The van der Waals surface area contributed by atoms with Gasteiger partial charge < -0.3 is 4.90 Å². The van der Waals surface area contributed by atoms with Crippen LogP contribution in [0.25, 0.3) is 17.7 Å². The van der Waals surface area contributed by atoms with E-state index in [0.717, 1.165) is 17.6 Å². The summed E-state index contributed by atoms with van der Waals surface area (Å²) in [5.74, 6) is -0.700. The van der Waals surface area contributed by atoms with Crippen LogP contribution in [-0.4, -0.2) is 40.0 Å². The van der Waals surface area contributed by atoms with Crippen LogP contribution in [0.5, 0.6) is 0 Å². The molecular weight excluding hydrogens is 390 g/mol. The third kappa shape index (κ3) is 6.41. The number of rotatable bonds is 5. The second kappa shape index (κ2) is 10.9. The van der Waals surface area contributed by atoms with Crippen molar-refractivity contribution in [1.29, 1.82) is 0 Å². The molecule has 1 aromatic carbocycles. The second-order valence-corrected chi connectivity index (χ2v) is 6.27. The molecule has 150 valence electrons. The third-order valence-electron chi connectivity index (χ3n) is 4.31. The molecule has 2 N–H and O–H groups in total. The standard InChI is InChI=1S/C22H21N3O3.ClH/c26-21(24-28)13-11-19-9-4-10-20(23-19)12-14-22(27)25-15-5-8-18(16-25)17-6-2-1-3-7-17;/h1-4,6-14,28H,5,15-16H2,(H,24,26);1H/b13-11+,14-12+;. The molecule has 0 fully saturated rings. The van der Waals surface area contributed by atoms with Gasteiger partial charge in [-0.1, -0.05) is 42.5 Å². The molecule has 29 heavy (non-hydrogen) atoms. The maximum atomic E-state index is 12.6. The van der Waals surface area contributed by atoms with Gasteiger partial charge in [0.1, 0.15) is 0 Å². The Balaban J connectivity index is 0.00000300. The lowest BCUT2D eigenvalue weighted by molar-refractivity contribution is -0.125. The molecule has 0 saturated carbocycles. The summed E-state index contributed by atoms with van der Waals surface area (Å²) in [5, 5.41) is 8.50. The molecular formula is C22H22ClN3O3. The summed E-state index contributed by atoms with van der Waals surface area (Å²) in [7, 11) is 0. The molecule has 1 aliphatic heterocycles. The molecule has 0 spiro atoms. The van der Waals surface area contributed by atoms with Gasteiger partial charge in [-0.15, -0.1) is 12.4 Å². The number of benzene rings is 1. The summed E-state index contributed by atoms with van der Waals surface area (Å²) in [5.41, 5.74) is 4.96. The number of carbonyl (C=O) groups excluding carboxylic acids is 2. The Morgan fingerprint density at radius 3 is 2.38 bits per heavy atom. The van der Waals surface area contributed by atoms with Gasteiger partial charge in [-0.2, -0.15) is 0 Å². The van der Waals surface area contributed by atoms with Crippen LogP contribution < -0.4 is 5.48 Å². The number of hydroxylamine groups is 1. The number of hydrogen-bond donors (Lipinski definition) is 2. The Morgan fingerprint density at radius 1 is 1.00 bits per heavy atom. The van der Waals surface area contributed by atoms with E-state index >= 15 is 0 Å². The van der Waals surface area contributed by atoms with Gasteiger partial charge in [0.2, 0.25) is 5.91 Å². The van der Waals surface area contributed by atoms with Crippen molar-refractivity contribution >= 4 is 41.9 Å². The Hall–Kier alpha value is -3.22. The van der Waals surface area contributed by atoms with E-state index in [9.17, 15) is 9.59 Å². The zero-order valence-electron chi connectivity index (χ0n) is 15.7. The van der Waals surface area contributed by atoms with E-state index in [1.807, 2.05) is 23.1 Å².